The van der Waals surface area contributed by atoms with Crippen molar-refractivity contribution in [2.75, 3.05) is 14.1 Å². The van der Waals surface area contributed by atoms with Crippen LogP contribution in [0, 0.1) is 6.92 Å². The van der Waals surface area contributed by atoms with Crippen LogP contribution in [0.2, 0.25) is 0 Å². The van der Waals surface area contributed by atoms with Crippen LogP contribution < -0.4 is 5.32 Å². The van der Waals surface area contributed by atoms with Gasteiger partial charge in [0.2, 0.25) is 0 Å². The van der Waals surface area contributed by atoms with Gasteiger partial charge in [-0.15, -0.1) is 0 Å². The second-order valence-electron chi connectivity index (χ2n) is 6.57. The summed E-state index contributed by atoms with van der Waals surface area (Å²) in [6.45, 7) is 3.33. The molecule has 128 valence electrons. The molecule has 0 aliphatic carbocycles. The first-order valence-electron chi connectivity index (χ1n) is 8.40. The topological polar surface area (TPSA) is 45.2 Å². The van der Waals surface area contributed by atoms with Crippen LogP contribution in [0.4, 0.5) is 0 Å². The number of benzene rings is 2. The zero-order valence-electron chi connectivity index (χ0n) is 14.9. The second-order valence-corrected chi connectivity index (χ2v) is 6.57. The predicted octanol–water partition coefficient (Wildman–Crippen LogP) is 3.53. The molecule has 0 aliphatic heterocycles. The number of aryl methyl sites for hydroxylation is 1. The van der Waals surface area contributed by atoms with E-state index >= 15 is 0 Å². The van der Waals surface area contributed by atoms with E-state index in [1.165, 1.54) is 5.56 Å². The van der Waals surface area contributed by atoms with Crippen molar-refractivity contribution < 1.29 is 4.79 Å². The monoisotopic (exact) mass is 333 g/mol. The van der Waals surface area contributed by atoms with Crippen molar-refractivity contribution in [2.45, 2.75) is 20.0 Å². The third-order valence-corrected chi connectivity index (χ3v) is 4.06. The normalized spacial score (nSPS) is 11.0. The van der Waals surface area contributed by atoms with E-state index in [1.807, 2.05) is 37.3 Å². The molecule has 0 bridgehead atoms. The number of hydrogen-bond donors (Lipinski definition) is 1. The second kappa shape index (κ2) is 7.45. The van der Waals surface area contributed by atoms with Gasteiger partial charge in [-0.1, -0.05) is 42.5 Å². The summed E-state index contributed by atoms with van der Waals surface area (Å²) in [5.41, 5.74) is 4.71. The Kier molecular flexibility index (Phi) is 5.10. The summed E-state index contributed by atoms with van der Waals surface area (Å²) in [7, 11) is 4.10. The molecule has 0 saturated carbocycles. The highest BCUT2D eigenvalue weighted by Crippen LogP contribution is 2.18. The van der Waals surface area contributed by atoms with Gasteiger partial charge in [0.15, 0.2) is 0 Å². The predicted molar refractivity (Wildman–Crippen MR) is 101 cm³/mol. The molecule has 1 heterocycles. The average Bonchev–Trinajstić information content (AvgIpc) is 2.59. The Bertz CT molecular complexity index is 885. The van der Waals surface area contributed by atoms with Crippen LogP contribution in [0.5, 0.6) is 0 Å². The molecule has 1 aromatic heterocycles. The van der Waals surface area contributed by atoms with Gasteiger partial charge in [-0.05, 0) is 44.3 Å². The number of pyridine rings is 1. The highest BCUT2D eigenvalue weighted by molar-refractivity contribution is 6.06. The Morgan fingerprint density at radius 3 is 2.44 bits per heavy atom. The van der Waals surface area contributed by atoms with Crippen LogP contribution in [-0.2, 0) is 13.1 Å². The zero-order valence-corrected chi connectivity index (χ0v) is 14.9. The molecular formula is C21H23N3O. The van der Waals surface area contributed by atoms with Crippen molar-refractivity contribution in [3.05, 3.63) is 77.0 Å². The summed E-state index contributed by atoms with van der Waals surface area (Å²) < 4.78 is 0. The third-order valence-electron chi connectivity index (χ3n) is 4.06. The fourth-order valence-corrected chi connectivity index (χ4v) is 2.90. The maximum atomic E-state index is 12.7. The lowest BCUT2D eigenvalue weighted by molar-refractivity contribution is 0.0952. The summed E-state index contributed by atoms with van der Waals surface area (Å²) in [5.74, 6) is -0.0703. The Hall–Kier alpha value is -2.72. The minimum Gasteiger partial charge on any atom is -0.348 e. The number of para-hydroxylation sites is 1. The number of amides is 1. The van der Waals surface area contributed by atoms with E-state index < -0.39 is 0 Å². The first-order chi connectivity index (χ1) is 12.0. The Balaban J connectivity index is 1.73. The molecule has 25 heavy (non-hydrogen) atoms. The molecule has 2 aromatic carbocycles. The maximum absolute atomic E-state index is 12.7. The van der Waals surface area contributed by atoms with Gasteiger partial charge in [0.05, 0.1) is 11.1 Å². The Morgan fingerprint density at radius 1 is 1.04 bits per heavy atom. The lowest BCUT2D eigenvalue weighted by Crippen LogP contribution is -2.23. The lowest BCUT2D eigenvalue weighted by atomic mass is 10.1. The third kappa shape index (κ3) is 4.22. The maximum Gasteiger partial charge on any atom is 0.252 e. The molecule has 0 atom stereocenters. The molecule has 0 radical (unpaired) electrons. The van der Waals surface area contributed by atoms with E-state index in [0.717, 1.165) is 28.7 Å². The first kappa shape index (κ1) is 17.1. The number of rotatable bonds is 5. The van der Waals surface area contributed by atoms with E-state index in [2.05, 4.69) is 53.6 Å². The van der Waals surface area contributed by atoms with Crippen molar-refractivity contribution in [1.29, 1.82) is 0 Å². The van der Waals surface area contributed by atoms with Gasteiger partial charge in [0, 0.05) is 24.2 Å². The van der Waals surface area contributed by atoms with Gasteiger partial charge in [-0.2, -0.15) is 0 Å². The quantitative estimate of drug-likeness (QED) is 0.777. The summed E-state index contributed by atoms with van der Waals surface area (Å²) in [6.07, 6.45) is 0. The molecule has 0 saturated heterocycles. The van der Waals surface area contributed by atoms with Crippen LogP contribution >= 0.6 is 0 Å². The van der Waals surface area contributed by atoms with Crippen molar-refractivity contribution in [1.82, 2.24) is 15.2 Å². The van der Waals surface area contributed by atoms with E-state index in [0.29, 0.717) is 12.1 Å². The molecule has 0 aliphatic rings. The van der Waals surface area contributed by atoms with Crippen LogP contribution in [-0.4, -0.2) is 29.9 Å². The van der Waals surface area contributed by atoms with Crippen LogP contribution in [0.25, 0.3) is 10.9 Å². The number of fused-ring (bicyclic) bond motifs is 1. The van der Waals surface area contributed by atoms with Crippen LogP contribution in [0.1, 0.15) is 27.2 Å². The number of nitrogens with one attached hydrogen (secondary N) is 1. The molecule has 0 unspecified atom stereocenters. The molecule has 3 aromatic rings. The molecular weight excluding hydrogens is 310 g/mol. The largest absolute Gasteiger partial charge is 0.348 e. The molecule has 0 spiro atoms. The van der Waals surface area contributed by atoms with Gasteiger partial charge < -0.3 is 10.2 Å². The van der Waals surface area contributed by atoms with Gasteiger partial charge >= 0.3 is 0 Å². The van der Waals surface area contributed by atoms with E-state index in [9.17, 15) is 4.79 Å². The molecule has 0 fully saturated rings. The first-order valence-corrected chi connectivity index (χ1v) is 8.40. The zero-order chi connectivity index (χ0) is 17.8. The minimum atomic E-state index is -0.0703. The minimum absolute atomic E-state index is 0.0703. The standard InChI is InChI=1S/C21H23N3O/c1-15-12-19(18-6-4-5-7-20(18)23-15)21(25)22-13-16-8-10-17(11-9-16)14-24(2)3/h4-12H,13-14H2,1-3H3,(H,22,25). The fraction of sp³-hybridized carbons (Fsp3) is 0.238. The van der Waals surface area contributed by atoms with E-state index in [-0.39, 0.29) is 5.91 Å². The lowest BCUT2D eigenvalue weighted by Gasteiger charge is -2.11. The van der Waals surface area contributed by atoms with Crippen LogP contribution in [0.3, 0.4) is 0 Å². The van der Waals surface area contributed by atoms with Crippen molar-refractivity contribution in [2.24, 2.45) is 0 Å². The van der Waals surface area contributed by atoms with E-state index in [1.54, 1.807) is 0 Å². The van der Waals surface area contributed by atoms with E-state index in [4.69, 9.17) is 0 Å². The number of nitrogens with zero attached hydrogens (tertiary/aromatic N) is 2. The van der Waals surface area contributed by atoms with Gasteiger partial charge in [0.25, 0.3) is 5.91 Å². The number of hydrogen-bond acceptors (Lipinski definition) is 3. The fourth-order valence-electron chi connectivity index (χ4n) is 2.90. The van der Waals surface area contributed by atoms with Crippen molar-refractivity contribution >= 4 is 16.8 Å². The van der Waals surface area contributed by atoms with Gasteiger partial charge in [-0.25, -0.2) is 0 Å². The molecule has 4 nitrogen and oxygen atoms in total. The molecule has 1 amide bonds. The van der Waals surface area contributed by atoms with Crippen molar-refractivity contribution in [3.8, 4) is 0 Å². The highest BCUT2D eigenvalue weighted by Gasteiger charge is 2.11. The number of carbonyl (C=O) groups is 1. The molecule has 4 heteroatoms. The summed E-state index contributed by atoms with van der Waals surface area (Å²) in [6, 6.07) is 17.9. The number of carbonyl (C=O) groups excluding carboxylic acids is 1. The summed E-state index contributed by atoms with van der Waals surface area (Å²) >= 11 is 0. The summed E-state index contributed by atoms with van der Waals surface area (Å²) in [4.78, 5) is 19.3. The Labute approximate surface area is 148 Å². The molecule has 1 N–H and O–H groups in total. The smallest absolute Gasteiger partial charge is 0.252 e. The highest BCUT2D eigenvalue weighted by atomic mass is 16.1. The van der Waals surface area contributed by atoms with Crippen molar-refractivity contribution in [3.63, 3.8) is 0 Å². The van der Waals surface area contributed by atoms with Gasteiger partial charge in [0.1, 0.15) is 0 Å². The average molecular weight is 333 g/mol. The SMILES string of the molecule is Cc1cc(C(=O)NCc2ccc(CN(C)C)cc2)c2ccccc2n1. The van der Waals surface area contributed by atoms with Crippen LogP contribution in [0.15, 0.2) is 54.6 Å². The number of aromatic nitrogens is 1. The van der Waals surface area contributed by atoms with Gasteiger partial charge in [-0.3, -0.25) is 9.78 Å². The summed E-state index contributed by atoms with van der Waals surface area (Å²) in [5, 5.41) is 3.90. The Morgan fingerprint density at radius 2 is 1.72 bits per heavy atom. The molecule has 3 rings (SSSR count).